The van der Waals surface area contributed by atoms with Gasteiger partial charge >= 0.3 is 51.4 Å². The molecule has 0 atom stereocenters. The van der Waals surface area contributed by atoms with Crippen molar-refractivity contribution in [3.63, 3.8) is 0 Å². The van der Waals surface area contributed by atoms with Crippen molar-refractivity contribution in [2.45, 2.75) is 0 Å². The molecule has 0 amide bonds. The van der Waals surface area contributed by atoms with Crippen LogP contribution in [0.2, 0.25) is 0 Å². The van der Waals surface area contributed by atoms with E-state index < -0.39 is 0 Å². The zero-order valence-corrected chi connectivity index (χ0v) is 5.99. The Bertz CT molecular complexity index is 379. The summed E-state index contributed by atoms with van der Waals surface area (Å²) in [6.07, 6.45) is 0. The van der Waals surface area contributed by atoms with E-state index in [1.165, 1.54) is 0 Å². The van der Waals surface area contributed by atoms with Gasteiger partial charge in [-0.1, -0.05) is 36.4 Å². The van der Waals surface area contributed by atoms with Crippen molar-refractivity contribution in [1.29, 1.82) is 0 Å². The van der Waals surface area contributed by atoms with Gasteiger partial charge in [-0.3, -0.25) is 0 Å². The second kappa shape index (κ2) is 4.39. The van der Waals surface area contributed by atoms with E-state index in [0.717, 1.165) is 10.8 Å². The molecule has 2 aromatic rings. The molecule has 1 nitrogen and oxygen atoms in total. The fourth-order valence-electron chi connectivity index (χ4n) is 1.21. The molecule has 1 N–H and O–H groups in total. The van der Waals surface area contributed by atoms with Crippen LogP contribution < -0.4 is 0 Å². The Morgan fingerprint density at radius 3 is 2.25 bits per heavy atom. The Balaban J connectivity index is 0.000000720. The Kier molecular flexibility index (Phi) is 3.74. The van der Waals surface area contributed by atoms with E-state index in [2.05, 4.69) is 0 Å². The van der Waals surface area contributed by atoms with E-state index in [9.17, 15) is 5.11 Å². The van der Waals surface area contributed by atoms with Crippen LogP contribution in [-0.4, -0.2) is 56.5 Å². The molecule has 2 heteroatoms. The fourth-order valence-corrected chi connectivity index (χ4v) is 1.21. The van der Waals surface area contributed by atoms with Crippen LogP contribution in [0.1, 0.15) is 0 Å². The number of phenolic OH excluding ortho intramolecular Hbond substituents is 1. The Morgan fingerprint density at radius 2 is 1.50 bits per heavy atom. The summed E-state index contributed by atoms with van der Waals surface area (Å²) in [5, 5.41) is 11.4. The zero-order valence-electron chi connectivity index (χ0n) is 5.99. The number of hydrogen-bond acceptors (Lipinski definition) is 1. The van der Waals surface area contributed by atoms with E-state index in [4.69, 9.17) is 0 Å². The molecule has 12 heavy (non-hydrogen) atoms. The van der Waals surface area contributed by atoms with E-state index in [1.807, 2.05) is 36.4 Å². The van der Waals surface area contributed by atoms with Crippen LogP contribution >= 0.6 is 0 Å². The molecule has 2 aromatic carbocycles. The normalized spacial score (nSPS) is 9.33. The minimum absolute atomic E-state index is 0. The summed E-state index contributed by atoms with van der Waals surface area (Å²) in [4.78, 5) is 0. The standard InChI is InChI=1S/C10H8O.K.H/c11-10-7-3-5-8-4-1-2-6-9(8)10;;/h1-7,11H;;. The van der Waals surface area contributed by atoms with E-state index in [0.29, 0.717) is 5.75 Å². The first-order chi connectivity index (χ1) is 5.38. The van der Waals surface area contributed by atoms with Crippen LogP contribution in [-0.2, 0) is 0 Å². The Morgan fingerprint density at radius 1 is 0.833 bits per heavy atom. The summed E-state index contributed by atoms with van der Waals surface area (Å²) in [6.45, 7) is 0. The number of benzene rings is 2. The number of rotatable bonds is 0. The van der Waals surface area contributed by atoms with Gasteiger partial charge in [0.05, 0.1) is 0 Å². The Hall–Kier alpha value is 0.136. The van der Waals surface area contributed by atoms with Gasteiger partial charge in [-0.15, -0.1) is 0 Å². The molecule has 0 radical (unpaired) electrons. The van der Waals surface area contributed by atoms with Gasteiger partial charge < -0.3 is 5.11 Å². The van der Waals surface area contributed by atoms with Crippen molar-refractivity contribution in [2.24, 2.45) is 0 Å². The quantitative estimate of drug-likeness (QED) is 0.620. The molecule has 56 valence electrons. The summed E-state index contributed by atoms with van der Waals surface area (Å²) in [7, 11) is 0. The number of aromatic hydroxyl groups is 1. The summed E-state index contributed by atoms with van der Waals surface area (Å²) < 4.78 is 0. The predicted octanol–water partition coefficient (Wildman–Crippen LogP) is 1.90. The molecular formula is C10H9KO. The SMILES string of the molecule is Oc1cccc2ccccc12.[KH]. The van der Waals surface area contributed by atoms with Crippen LogP contribution in [0, 0.1) is 0 Å². The molecule has 0 spiro atoms. The zero-order chi connectivity index (χ0) is 7.68. The molecule has 2 rings (SSSR count). The van der Waals surface area contributed by atoms with Gasteiger partial charge in [0.25, 0.3) is 0 Å². The van der Waals surface area contributed by atoms with Crippen molar-refractivity contribution in [2.75, 3.05) is 0 Å². The van der Waals surface area contributed by atoms with E-state index in [-0.39, 0.29) is 51.4 Å². The third-order valence-corrected chi connectivity index (χ3v) is 1.77. The fraction of sp³-hybridized carbons (Fsp3) is 0. The maximum absolute atomic E-state index is 9.37. The van der Waals surface area contributed by atoms with E-state index in [1.54, 1.807) is 6.07 Å². The molecule has 0 saturated heterocycles. The van der Waals surface area contributed by atoms with Crippen LogP contribution in [0.25, 0.3) is 10.8 Å². The summed E-state index contributed by atoms with van der Waals surface area (Å²) in [6, 6.07) is 13.3. The van der Waals surface area contributed by atoms with E-state index >= 15 is 0 Å². The van der Waals surface area contributed by atoms with Gasteiger partial charge in [0.2, 0.25) is 0 Å². The number of phenols is 1. The molecule has 0 heterocycles. The topological polar surface area (TPSA) is 20.2 Å². The molecule has 0 unspecified atom stereocenters. The summed E-state index contributed by atoms with van der Waals surface area (Å²) in [5.41, 5.74) is 0. The molecule has 0 aliphatic rings. The molecule has 0 bridgehead atoms. The molecular weight excluding hydrogens is 175 g/mol. The predicted molar refractivity (Wildman–Crippen MR) is 52.8 cm³/mol. The first kappa shape index (κ1) is 10.2. The number of hydrogen-bond donors (Lipinski definition) is 1. The van der Waals surface area contributed by atoms with Gasteiger partial charge in [-0.2, -0.15) is 0 Å². The minimum atomic E-state index is 0. The van der Waals surface area contributed by atoms with Gasteiger partial charge in [-0.05, 0) is 11.5 Å². The van der Waals surface area contributed by atoms with Crippen LogP contribution in [0.5, 0.6) is 5.75 Å². The third kappa shape index (κ3) is 1.89. The molecule has 0 aliphatic carbocycles. The summed E-state index contributed by atoms with van der Waals surface area (Å²) in [5.74, 6) is 0.350. The second-order valence-electron chi connectivity index (χ2n) is 2.50. The van der Waals surface area contributed by atoms with Gasteiger partial charge in [0, 0.05) is 5.39 Å². The average Bonchev–Trinajstić information content (AvgIpc) is 2.06. The van der Waals surface area contributed by atoms with Crippen LogP contribution in [0.4, 0.5) is 0 Å². The monoisotopic (exact) mass is 184 g/mol. The van der Waals surface area contributed by atoms with Crippen LogP contribution in [0.15, 0.2) is 42.5 Å². The van der Waals surface area contributed by atoms with Crippen molar-refractivity contribution in [3.8, 4) is 5.75 Å². The molecule has 0 aliphatic heterocycles. The van der Waals surface area contributed by atoms with Crippen molar-refractivity contribution in [1.82, 2.24) is 0 Å². The van der Waals surface area contributed by atoms with Gasteiger partial charge in [-0.25, -0.2) is 0 Å². The van der Waals surface area contributed by atoms with Crippen LogP contribution in [0.3, 0.4) is 0 Å². The van der Waals surface area contributed by atoms with Gasteiger partial charge in [0.1, 0.15) is 5.75 Å². The number of fused-ring (bicyclic) bond motifs is 1. The molecule has 0 aromatic heterocycles. The third-order valence-electron chi connectivity index (χ3n) is 1.77. The molecule has 0 fully saturated rings. The second-order valence-corrected chi connectivity index (χ2v) is 2.50. The molecule has 0 saturated carbocycles. The Labute approximate surface area is 114 Å². The van der Waals surface area contributed by atoms with Crippen molar-refractivity contribution >= 4 is 62.2 Å². The van der Waals surface area contributed by atoms with Crippen molar-refractivity contribution < 1.29 is 5.11 Å². The first-order valence-corrected chi connectivity index (χ1v) is 3.54. The average molecular weight is 184 g/mol. The van der Waals surface area contributed by atoms with Gasteiger partial charge in [0.15, 0.2) is 0 Å². The van der Waals surface area contributed by atoms with Crippen molar-refractivity contribution in [3.05, 3.63) is 42.5 Å². The first-order valence-electron chi connectivity index (χ1n) is 3.54. The maximum atomic E-state index is 9.37. The summed E-state index contributed by atoms with van der Waals surface area (Å²) >= 11 is 0.